The van der Waals surface area contributed by atoms with Gasteiger partial charge in [-0.3, -0.25) is 24.0 Å². The summed E-state index contributed by atoms with van der Waals surface area (Å²) in [6.07, 6.45) is 4.09. The van der Waals surface area contributed by atoms with Crippen LogP contribution in [0.3, 0.4) is 0 Å². The van der Waals surface area contributed by atoms with Crippen molar-refractivity contribution in [3.8, 4) is 5.75 Å². The van der Waals surface area contributed by atoms with Gasteiger partial charge in [0.25, 0.3) is 11.8 Å². The minimum atomic E-state index is -0.713. The summed E-state index contributed by atoms with van der Waals surface area (Å²) in [5.74, 6) is -0.388. The number of anilines is 1. The number of ketones is 1. The van der Waals surface area contributed by atoms with Crippen molar-refractivity contribution in [1.29, 1.82) is 0 Å². The summed E-state index contributed by atoms with van der Waals surface area (Å²) < 4.78 is 49.7. The highest BCUT2D eigenvalue weighted by molar-refractivity contribution is 8.00. The Morgan fingerprint density at radius 1 is 0.539 bits per heavy atom. The summed E-state index contributed by atoms with van der Waals surface area (Å²) in [4.78, 5) is 88.3. The largest absolute Gasteiger partial charge is 0.494 e. The molecule has 3 saturated heterocycles. The Morgan fingerprint density at radius 2 is 1.05 bits per heavy atom. The molecule has 3 aliphatic rings. The Hall–Kier alpha value is -5.44. The van der Waals surface area contributed by atoms with Crippen molar-refractivity contribution in [2.75, 3.05) is 143 Å². The van der Waals surface area contributed by atoms with Crippen LogP contribution >= 0.6 is 11.8 Å². The van der Waals surface area contributed by atoms with E-state index in [-0.39, 0.29) is 81.2 Å². The summed E-state index contributed by atoms with van der Waals surface area (Å²) in [5.41, 5.74) is 1.95. The van der Waals surface area contributed by atoms with E-state index in [0.29, 0.717) is 152 Å². The number of hydroxylamine groups is 2. The predicted octanol–water partition coefficient (Wildman–Crippen LogP) is 2.58. The highest BCUT2D eigenvalue weighted by atomic mass is 32.2. The quantitative estimate of drug-likeness (QED) is 0.0276. The van der Waals surface area contributed by atoms with Crippen molar-refractivity contribution < 1.29 is 81.0 Å². The molecule has 3 heterocycles. The average molecular weight is 1090 g/mol. The molecule has 2 aromatic carbocycles. The second-order valence-electron chi connectivity index (χ2n) is 17.6. The van der Waals surface area contributed by atoms with Crippen molar-refractivity contribution >= 4 is 58.9 Å². The Morgan fingerprint density at radius 3 is 1.66 bits per heavy atom. The fourth-order valence-electron chi connectivity index (χ4n) is 7.73. The Labute approximate surface area is 448 Å². The van der Waals surface area contributed by atoms with Crippen LogP contribution in [0.2, 0.25) is 0 Å². The maximum absolute atomic E-state index is 13.1. The second kappa shape index (κ2) is 37.4. The predicted molar refractivity (Wildman–Crippen MR) is 278 cm³/mol. The second-order valence-corrected chi connectivity index (χ2v) is 18.8. The molecule has 2 aromatic rings. The van der Waals surface area contributed by atoms with Gasteiger partial charge in [-0.2, -0.15) is 11.8 Å². The molecule has 5 N–H and O–H groups in total. The van der Waals surface area contributed by atoms with E-state index < -0.39 is 17.8 Å². The number of fused-ring (bicyclic) bond motifs is 1. The van der Waals surface area contributed by atoms with Crippen molar-refractivity contribution in [1.82, 2.24) is 26.3 Å². The molecule has 23 nitrogen and oxygen atoms in total. The molecule has 3 unspecified atom stereocenters. The summed E-state index contributed by atoms with van der Waals surface area (Å²) in [6, 6.07) is 14.5. The summed E-state index contributed by atoms with van der Waals surface area (Å²) in [7, 11) is 0. The molecule has 422 valence electrons. The summed E-state index contributed by atoms with van der Waals surface area (Å²) >= 11 is 1.89. The van der Waals surface area contributed by atoms with E-state index in [1.165, 1.54) is 0 Å². The van der Waals surface area contributed by atoms with Gasteiger partial charge >= 0.3 is 12.0 Å². The molecule has 0 aromatic heterocycles. The molecular formula is C52H76N6O17S. The lowest BCUT2D eigenvalue weighted by Crippen LogP contribution is -2.36. The first-order chi connectivity index (χ1) is 37.2. The van der Waals surface area contributed by atoms with Crippen LogP contribution < -0.4 is 31.3 Å². The Kier molecular flexibility index (Phi) is 30.2. The van der Waals surface area contributed by atoms with Crippen LogP contribution in [0.25, 0.3) is 0 Å². The van der Waals surface area contributed by atoms with Gasteiger partial charge in [-0.15, -0.1) is 5.06 Å². The number of hydrogen-bond donors (Lipinski definition) is 5. The lowest BCUT2D eigenvalue weighted by atomic mass is 10.0. The molecule has 24 heteroatoms. The number of hydrogen-bond acceptors (Lipinski definition) is 19. The zero-order chi connectivity index (χ0) is 53.8. The lowest BCUT2D eigenvalue weighted by Gasteiger charge is -2.16. The van der Waals surface area contributed by atoms with E-state index >= 15 is 0 Å². The van der Waals surface area contributed by atoms with Crippen molar-refractivity contribution in [3.63, 3.8) is 0 Å². The number of benzene rings is 2. The minimum absolute atomic E-state index is 0.0200. The third kappa shape index (κ3) is 25.1. The Bertz CT molecular complexity index is 2040. The number of nitrogens with one attached hydrogen (secondary N) is 5. The van der Waals surface area contributed by atoms with Crippen LogP contribution in [-0.4, -0.2) is 202 Å². The fraction of sp³-hybridized carbons (Fsp3) is 0.635. The first-order valence-electron chi connectivity index (χ1n) is 26.2. The third-order valence-electron chi connectivity index (χ3n) is 11.8. The topological polar surface area (TPSA) is 275 Å². The molecule has 0 spiro atoms. The van der Waals surface area contributed by atoms with Crippen LogP contribution in [-0.2, 0) is 66.7 Å². The number of thioether (sulfide) groups is 1. The van der Waals surface area contributed by atoms with Gasteiger partial charge < -0.3 is 74.1 Å². The van der Waals surface area contributed by atoms with Crippen LogP contribution in [0.4, 0.5) is 10.5 Å². The van der Waals surface area contributed by atoms with E-state index in [0.717, 1.165) is 30.7 Å². The monoisotopic (exact) mass is 1090 g/mol. The van der Waals surface area contributed by atoms with Crippen molar-refractivity contribution in [3.05, 3.63) is 59.7 Å². The van der Waals surface area contributed by atoms with E-state index in [9.17, 15) is 33.6 Å². The number of urea groups is 1. The minimum Gasteiger partial charge on any atom is -0.494 e. The number of carbonyl (C=O) groups excluding carboxylic acids is 7. The standard InChI is InChI=1S/C52H76N6O17S/c59-45(5-2-1-4-44-50-43(38-76-44)56-52(65)57-50)55-20-25-69-29-33-73-36-34-70-30-26-66-22-16-46(60)54-18-3-21-74-42-12-8-40(9-13-42)51(64)39-6-10-41(11-7-39)53-19-24-68-28-32-72-37-35-71-31-27-67-23-17-49(63)75-58-47(61)14-15-48(58)62/h6-13,43-44,50,53H,1-5,14-38H2,(H,54,60)(H,55,59)(H2,56,57,65). The number of ether oxygens (including phenoxy) is 9. The molecule has 3 aliphatic heterocycles. The number of rotatable bonds is 44. The third-order valence-corrected chi connectivity index (χ3v) is 13.3. The molecule has 76 heavy (non-hydrogen) atoms. The van der Waals surface area contributed by atoms with Gasteiger partial charge in [0.1, 0.15) is 5.75 Å². The number of nitrogens with zero attached hydrogens (tertiary/aromatic N) is 1. The molecule has 3 atom stereocenters. The van der Waals surface area contributed by atoms with Crippen LogP contribution in [0.15, 0.2) is 48.5 Å². The molecule has 5 rings (SSSR count). The zero-order valence-electron chi connectivity index (χ0n) is 43.4. The SMILES string of the molecule is O=C(CCCCC1SCC2NC(=O)NC21)NCCOCCOCCOCCOCCC(=O)NCCCOc1ccc(C(=O)c2ccc(NCCOCCOCCOCCOCCC(=O)ON3C(=O)CCC3=O)cc2)cc1. The average Bonchev–Trinajstić information content (AvgIpc) is 4.09. The van der Waals surface area contributed by atoms with Gasteiger partial charge in [0, 0.05) is 73.1 Å². The lowest BCUT2D eigenvalue weighted by molar-refractivity contribution is -0.198. The van der Waals surface area contributed by atoms with Gasteiger partial charge in [0.05, 0.1) is 131 Å². The molecule has 6 amide bonds. The Balaban J connectivity index is 0.728. The maximum atomic E-state index is 13.1. The summed E-state index contributed by atoms with van der Waals surface area (Å²) in [6.45, 7) is 7.69. The van der Waals surface area contributed by atoms with Crippen molar-refractivity contribution in [2.45, 2.75) is 75.1 Å². The highest BCUT2D eigenvalue weighted by Gasteiger charge is 2.42. The van der Waals surface area contributed by atoms with Gasteiger partial charge in [0.2, 0.25) is 11.8 Å². The molecule has 0 aliphatic carbocycles. The smallest absolute Gasteiger partial charge is 0.335 e. The van der Waals surface area contributed by atoms with Crippen LogP contribution in [0, 0.1) is 0 Å². The molecule has 0 saturated carbocycles. The number of unbranched alkanes of at least 4 members (excludes halogenated alkanes) is 1. The van der Waals surface area contributed by atoms with E-state index in [4.69, 9.17) is 47.5 Å². The number of amides is 6. The van der Waals surface area contributed by atoms with Crippen molar-refractivity contribution in [2.24, 2.45) is 0 Å². The first-order valence-corrected chi connectivity index (χ1v) is 27.2. The molecule has 3 fully saturated rings. The normalized spacial score (nSPS) is 16.8. The molecular weight excluding hydrogens is 1010 g/mol. The van der Waals surface area contributed by atoms with Crippen LogP contribution in [0.5, 0.6) is 5.75 Å². The maximum Gasteiger partial charge on any atom is 0.335 e. The number of imide groups is 1. The van der Waals surface area contributed by atoms with E-state index in [1.807, 2.05) is 23.9 Å². The van der Waals surface area contributed by atoms with Gasteiger partial charge in [-0.1, -0.05) is 6.42 Å². The fourth-order valence-corrected chi connectivity index (χ4v) is 9.27. The van der Waals surface area contributed by atoms with Gasteiger partial charge in [-0.25, -0.2) is 9.59 Å². The summed E-state index contributed by atoms with van der Waals surface area (Å²) in [5, 5.41) is 15.9. The van der Waals surface area contributed by atoms with Gasteiger partial charge in [0.15, 0.2) is 5.78 Å². The first kappa shape index (κ1) is 61.4. The highest BCUT2D eigenvalue weighted by Crippen LogP contribution is 2.33. The van der Waals surface area contributed by atoms with E-state index in [2.05, 4.69) is 26.6 Å². The molecule has 0 radical (unpaired) electrons. The molecule has 0 bridgehead atoms. The van der Waals surface area contributed by atoms with Crippen LogP contribution in [0.1, 0.15) is 73.7 Å². The number of carbonyl (C=O) groups is 7. The van der Waals surface area contributed by atoms with Gasteiger partial charge in [-0.05, 0) is 67.8 Å². The zero-order valence-corrected chi connectivity index (χ0v) is 44.2. The van der Waals surface area contributed by atoms with E-state index in [1.54, 1.807) is 36.4 Å².